The van der Waals surface area contributed by atoms with Crippen LogP contribution in [0.5, 0.6) is 0 Å². The van der Waals surface area contributed by atoms with Gasteiger partial charge in [0.25, 0.3) is 5.91 Å². The first-order valence-electron chi connectivity index (χ1n) is 6.15. The quantitative estimate of drug-likeness (QED) is 0.874. The van der Waals surface area contributed by atoms with Crippen LogP contribution in [-0.4, -0.2) is 33.1 Å². The highest BCUT2D eigenvalue weighted by Gasteiger charge is 2.11. The highest BCUT2D eigenvalue weighted by Crippen LogP contribution is 2.15. The molecule has 0 aliphatic carbocycles. The van der Waals surface area contributed by atoms with E-state index in [1.807, 2.05) is 19.9 Å². The van der Waals surface area contributed by atoms with Crippen molar-refractivity contribution in [1.82, 2.24) is 25.5 Å². The molecule has 20 heavy (non-hydrogen) atoms. The van der Waals surface area contributed by atoms with Gasteiger partial charge in [0.05, 0.1) is 0 Å². The summed E-state index contributed by atoms with van der Waals surface area (Å²) in [6.07, 6.45) is 0. The minimum Gasteiger partial charge on any atom is -0.354 e. The third-order valence-electron chi connectivity index (χ3n) is 2.65. The zero-order chi connectivity index (χ0) is 14.7. The molecule has 0 unspecified atom stereocenters. The Morgan fingerprint density at radius 1 is 1.05 bits per heavy atom. The topological polar surface area (TPSA) is 92.7 Å². The van der Waals surface area contributed by atoms with Crippen molar-refractivity contribution in [2.24, 2.45) is 0 Å². The van der Waals surface area contributed by atoms with Crippen LogP contribution in [0.25, 0.3) is 0 Å². The van der Waals surface area contributed by atoms with Crippen LogP contribution >= 0.6 is 0 Å². The van der Waals surface area contributed by atoms with E-state index in [-0.39, 0.29) is 5.91 Å². The van der Waals surface area contributed by atoms with E-state index < -0.39 is 0 Å². The molecular weight excluding hydrogens is 256 g/mol. The Kier molecular flexibility index (Phi) is 3.88. The third-order valence-corrected chi connectivity index (χ3v) is 2.65. The standard InChI is InChI=1S/C13H16N6O/c1-7-5-11(18-19-12(7)13(20)14-4)17-10-6-8(2)15-9(3)16-10/h5-6H,1-4H3,(H,14,20)(H,15,16,17,18). The summed E-state index contributed by atoms with van der Waals surface area (Å²) < 4.78 is 0. The number of nitrogens with zero attached hydrogens (tertiary/aromatic N) is 4. The molecule has 0 spiro atoms. The largest absolute Gasteiger partial charge is 0.354 e. The van der Waals surface area contributed by atoms with Gasteiger partial charge in [0.1, 0.15) is 11.6 Å². The molecule has 0 atom stereocenters. The fourth-order valence-corrected chi connectivity index (χ4v) is 1.80. The van der Waals surface area contributed by atoms with Crippen molar-refractivity contribution in [3.05, 3.63) is 34.9 Å². The molecule has 0 aromatic carbocycles. The van der Waals surface area contributed by atoms with Gasteiger partial charge in [-0.2, -0.15) is 0 Å². The highest BCUT2D eigenvalue weighted by atomic mass is 16.1. The van der Waals surface area contributed by atoms with Gasteiger partial charge < -0.3 is 10.6 Å². The van der Waals surface area contributed by atoms with Crippen LogP contribution in [0.4, 0.5) is 11.6 Å². The number of aromatic nitrogens is 4. The van der Waals surface area contributed by atoms with Crippen LogP contribution in [0.3, 0.4) is 0 Å². The van der Waals surface area contributed by atoms with Gasteiger partial charge in [-0.25, -0.2) is 9.97 Å². The zero-order valence-corrected chi connectivity index (χ0v) is 11.9. The first kappa shape index (κ1) is 13.9. The number of carbonyl (C=O) groups excluding carboxylic acids is 1. The molecule has 0 saturated heterocycles. The predicted octanol–water partition coefficient (Wildman–Crippen LogP) is 1.30. The van der Waals surface area contributed by atoms with Crippen LogP contribution in [0.2, 0.25) is 0 Å². The molecule has 0 fully saturated rings. The molecule has 0 bridgehead atoms. The smallest absolute Gasteiger partial charge is 0.271 e. The Balaban J connectivity index is 2.26. The van der Waals surface area contributed by atoms with Gasteiger partial charge in [0.15, 0.2) is 11.5 Å². The Labute approximate surface area is 116 Å². The molecule has 0 aliphatic heterocycles. The summed E-state index contributed by atoms with van der Waals surface area (Å²) in [5.74, 6) is 1.61. The van der Waals surface area contributed by atoms with Gasteiger partial charge in [0.2, 0.25) is 0 Å². The molecule has 1 amide bonds. The molecule has 0 radical (unpaired) electrons. The van der Waals surface area contributed by atoms with Crippen LogP contribution in [0.1, 0.15) is 27.6 Å². The van der Waals surface area contributed by atoms with Gasteiger partial charge >= 0.3 is 0 Å². The Hall–Kier alpha value is -2.57. The minimum atomic E-state index is -0.254. The number of aryl methyl sites for hydroxylation is 3. The lowest BCUT2D eigenvalue weighted by Gasteiger charge is -2.08. The lowest BCUT2D eigenvalue weighted by Crippen LogP contribution is -2.21. The molecule has 0 saturated carbocycles. The van der Waals surface area contributed by atoms with Crippen molar-refractivity contribution < 1.29 is 4.79 Å². The van der Waals surface area contributed by atoms with Gasteiger partial charge in [-0.3, -0.25) is 4.79 Å². The van der Waals surface area contributed by atoms with E-state index in [1.54, 1.807) is 20.0 Å². The fourth-order valence-electron chi connectivity index (χ4n) is 1.80. The van der Waals surface area contributed by atoms with Crippen molar-refractivity contribution in [2.45, 2.75) is 20.8 Å². The number of hydrogen-bond acceptors (Lipinski definition) is 6. The maximum atomic E-state index is 11.5. The van der Waals surface area contributed by atoms with Crippen molar-refractivity contribution in [3.63, 3.8) is 0 Å². The second kappa shape index (κ2) is 5.60. The summed E-state index contributed by atoms with van der Waals surface area (Å²) in [7, 11) is 1.56. The SMILES string of the molecule is CNC(=O)c1nnc(Nc2cc(C)nc(C)n2)cc1C. The van der Waals surface area contributed by atoms with E-state index in [4.69, 9.17) is 0 Å². The van der Waals surface area contributed by atoms with E-state index in [0.29, 0.717) is 23.2 Å². The molecular formula is C13H16N6O. The number of rotatable bonds is 3. The van der Waals surface area contributed by atoms with Crippen LogP contribution in [0.15, 0.2) is 12.1 Å². The minimum absolute atomic E-state index is 0.254. The van der Waals surface area contributed by atoms with Gasteiger partial charge in [-0.15, -0.1) is 10.2 Å². The Morgan fingerprint density at radius 2 is 1.80 bits per heavy atom. The molecule has 104 valence electrons. The molecule has 2 heterocycles. The number of carbonyl (C=O) groups is 1. The van der Waals surface area contributed by atoms with Gasteiger partial charge in [-0.1, -0.05) is 0 Å². The van der Waals surface area contributed by atoms with E-state index in [1.165, 1.54) is 0 Å². The number of hydrogen-bond donors (Lipinski definition) is 2. The van der Waals surface area contributed by atoms with Crippen LogP contribution in [0, 0.1) is 20.8 Å². The predicted molar refractivity (Wildman–Crippen MR) is 74.9 cm³/mol. The first-order valence-corrected chi connectivity index (χ1v) is 6.15. The summed E-state index contributed by atoms with van der Waals surface area (Å²) in [6, 6.07) is 3.57. The Morgan fingerprint density at radius 3 is 2.40 bits per heavy atom. The summed E-state index contributed by atoms with van der Waals surface area (Å²) in [5.41, 5.74) is 1.92. The van der Waals surface area contributed by atoms with E-state index in [0.717, 1.165) is 11.3 Å². The van der Waals surface area contributed by atoms with Crippen molar-refractivity contribution in [2.75, 3.05) is 12.4 Å². The third kappa shape index (κ3) is 3.05. The lowest BCUT2D eigenvalue weighted by molar-refractivity contribution is 0.0956. The maximum Gasteiger partial charge on any atom is 0.271 e. The lowest BCUT2D eigenvalue weighted by atomic mass is 10.2. The molecule has 0 aliphatic rings. The summed E-state index contributed by atoms with van der Waals surface area (Å²) >= 11 is 0. The van der Waals surface area contributed by atoms with E-state index in [2.05, 4.69) is 30.8 Å². The monoisotopic (exact) mass is 272 g/mol. The number of amides is 1. The molecule has 2 aromatic rings. The highest BCUT2D eigenvalue weighted by molar-refractivity contribution is 5.93. The van der Waals surface area contributed by atoms with Crippen molar-refractivity contribution >= 4 is 17.5 Å². The van der Waals surface area contributed by atoms with Crippen LogP contribution in [-0.2, 0) is 0 Å². The summed E-state index contributed by atoms with van der Waals surface area (Å²) in [4.78, 5) is 20.0. The molecule has 2 N–H and O–H groups in total. The second-order valence-electron chi connectivity index (χ2n) is 4.41. The van der Waals surface area contributed by atoms with Crippen molar-refractivity contribution in [3.8, 4) is 0 Å². The molecule has 2 rings (SSSR count). The number of nitrogens with one attached hydrogen (secondary N) is 2. The number of anilines is 2. The molecule has 7 heteroatoms. The average Bonchev–Trinajstić information content (AvgIpc) is 2.36. The van der Waals surface area contributed by atoms with E-state index in [9.17, 15) is 4.79 Å². The van der Waals surface area contributed by atoms with Gasteiger partial charge in [-0.05, 0) is 32.4 Å². The zero-order valence-electron chi connectivity index (χ0n) is 11.9. The van der Waals surface area contributed by atoms with E-state index >= 15 is 0 Å². The summed E-state index contributed by atoms with van der Waals surface area (Å²) in [5, 5.41) is 13.5. The summed E-state index contributed by atoms with van der Waals surface area (Å²) in [6.45, 7) is 5.52. The molecule has 7 nitrogen and oxygen atoms in total. The average molecular weight is 272 g/mol. The fraction of sp³-hybridized carbons (Fsp3) is 0.308. The second-order valence-corrected chi connectivity index (χ2v) is 4.41. The maximum absolute atomic E-state index is 11.5. The Bertz CT molecular complexity index is 635. The van der Waals surface area contributed by atoms with Crippen molar-refractivity contribution in [1.29, 1.82) is 0 Å². The van der Waals surface area contributed by atoms with Gasteiger partial charge in [0, 0.05) is 18.8 Å². The first-order chi connectivity index (χ1) is 9.49. The normalized spacial score (nSPS) is 10.2. The van der Waals surface area contributed by atoms with Crippen LogP contribution < -0.4 is 10.6 Å². The molecule has 2 aromatic heterocycles.